The molecule has 2 aliphatic heterocycles. The molecular formula is C22H29FN4O2. The van der Waals surface area contributed by atoms with Crippen LogP contribution in [0.4, 0.5) is 10.1 Å². The number of benzene rings is 1. The van der Waals surface area contributed by atoms with Crippen molar-refractivity contribution in [2.75, 3.05) is 57.4 Å². The van der Waals surface area contributed by atoms with Crippen LogP contribution in [0.25, 0.3) is 0 Å². The first-order valence-electron chi connectivity index (χ1n) is 10.4. The number of furan rings is 1. The first-order valence-corrected chi connectivity index (χ1v) is 10.4. The number of aliphatic imine (C=N–C) groups is 1. The molecule has 2 aliphatic rings. The summed E-state index contributed by atoms with van der Waals surface area (Å²) in [6.45, 7) is 6.76. The zero-order valence-electron chi connectivity index (χ0n) is 16.7. The van der Waals surface area contributed by atoms with Gasteiger partial charge in [-0.3, -0.25) is 4.99 Å². The molecule has 1 N–H and O–H groups in total. The van der Waals surface area contributed by atoms with Gasteiger partial charge in [-0.25, -0.2) is 4.39 Å². The second kappa shape index (κ2) is 9.78. The van der Waals surface area contributed by atoms with Crippen molar-refractivity contribution in [3.05, 3.63) is 54.2 Å². The molecule has 0 aliphatic carbocycles. The van der Waals surface area contributed by atoms with Gasteiger partial charge >= 0.3 is 0 Å². The fourth-order valence-corrected chi connectivity index (χ4v) is 3.79. The highest BCUT2D eigenvalue weighted by Crippen LogP contribution is 2.17. The first-order chi connectivity index (χ1) is 14.3. The van der Waals surface area contributed by atoms with Crippen LogP contribution in [-0.2, 0) is 11.2 Å². The summed E-state index contributed by atoms with van der Waals surface area (Å²) in [5, 5.41) is 3.52. The average Bonchev–Trinajstić information content (AvgIpc) is 3.46. The molecular weight excluding hydrogens is 371 g/mol. The molecule has 1 unspecified atom stereocenters. The molecule has 4 rings (SSSR count). The predicted molar refractivity (Wildman–Crippen MR) is 112 cm³/mol. The lowest BCUT2D eigenvalue weighted by atomic mass is 10.1. The van der Waals surface area contributed by atoms with Crippen molar-refractivity contribution in [3.63, 3.8) is 0 Å². The summed E-state index contributed by atoms with van der Waals surface area (Å²) < 4.78 is 24.1. The molecule has 7 heteroatoms. The standard InChI is InChI=1S/C22H29FN4O2/c23-19-3-5-20(6-4-19)26-10-12-27(13-11-26)22(25-16-18-8-15-28-17-18)24-9-7-21-2-1-14-29-21/h1-6,14,18H,7-13,15-17H2,(H,24,25). The van der Waals surface area contributed by atoms with E-state index in [1.165, 1.54) is 12.1 Å². The lowest BCUT2D eigenvalue weighted by Gasteiger charge is -2.38. The minimum absolute atomic E-state index is 0.196. The Bertz CT molecular complexity index is 765. The van der Waals surface area contributed by atoms with Gasteiger partial charge in [0, 0.05) is 63.9 Å². The van der Waals surface area contributed by atoms with Gasteiger partial charge in [-0.15, -0.1) is 0 Å². The normalized spacial score (nSPS) is 20.3. The number of halogens is 1. The van der Waals surface area contributed by atoms with Gasteiger partial charge in [-0.1, -0.05) is 0 Å². The maximum Gasteiger partial charge on any atom is 0.194 e. The Kier molecular flexibility index (Phi) is 6.67. The van der Waals surface area contributed by atoms with Crippen molar-refractivity contribution in [3.8, 4) is 0 Å². The minimum Gasteiger partial charge on any atom is -0.469 e. The number of ether oxygens (including phenoxy) is 1. The summed E-state index contributed by atoms with van der Waals surface area (Å²) in [7, 11) is 0. The Morgan fingerprint density at radius 3 is 2.66 bits per heavy atom. The van der Waals surface area contributed by atoms with Crippen LogP contribution in [0.15, 0.2) is 52.1 Å². The first kappa shape index (κ1) is 19.8. The fourth-order valence-electron chi connectivity index (χ4n) is 3.79. The second-order valence-corrected chi connectivity index (χ2v) is 7.60. The van der Waals surface area contributed by atoms with E-state index in [2.05, 4.69) is 15.1 Å². The predicted octanol–water partition coefficient (Wildman–Crippen LogP) is 2.77. The number of hydrogen-bond donors (Lipinski definition) is 1. The number of hydrogen-bond acceptors (Lipinski definition) is 4. The Balaban J connectivity index is 1.34. The third-order valence-electron chi connectivity index (χ3n) is 5.53. The van der Waals surface area contributed by atoms with Gasteiger partial charge in [0.1, 0.15) is 11.6 Å². The lowest BCUT2D eigenvalue weighted by molar-refractivity contribution is 0.187. The smallest absolute Gasteiger partial charge is 0.194 e. The van der Waals surface area contributed by atoms with Crippen molar-refractivity contribution in [2.45, 2.75) is 12.8 Å². The highest BCUT2D eigenvalue weighted by molar-refractivity contribution is 5.80. The van der Waals surface area contributed by atoms with E-state index in [-0.39, 0.29) is 5.82 Å². The van der Waals surface area contributed by atoms with Crippen molar-refractivity contribution >= 4 is 11.6 Å². The van der Waals surface area contributed by atoms with Crippen LogP contribution in [0, 0.1) is 11.7 Å². The third kappa shape index (κ3) is 5.50. The molecule has 2 saturated heterocycles. The Labute approximate surface area is 171 Å². The summed E-state index contributed by atoms with van der Waals surface area (Å²) in [6, 6.07) is 10.7. The van der Waals surface area contributed by atoms with Gasteiger partial charge in [0.15, 0.2) is 5.96 Å². The van der Waals surface area contributed by atoms with E-state index < -0.39 is 0 Å². The Morgan fingerprint density at radius 2 is 1.97 bits per heavy atom. The van der Waals surface area contributed by atoms with Crippen LogP contribution < -0.4 is 10.2 Å². The SMILES string of the molecule is Fc1ccc(N2CCN(C(=NCC3CCOC3)NCCc3ccco3)CC2)cc1. The summed E-state index contributed by atoms with van der Waals surface area (Å²) in [6.07, 6.45) is 3.62. The molecule has 6 nitrogen and oxygen atoms in total. The van der Waals surface area contributed by atoms with Crippen LogP contribution in [0.5, 0.6) is 0 Å². The number of anilines is 1. The van der Waals surface area contributed by atoms with Gasteiger partial charge in [-0.05, 0) is 42.8 Å². The van der Waals surface area contributed by atoms with Crippen LogP contribution in [0.1, 0.15) is 12.2 Å². The van der Waals surface area contributed by atoms with Crippen molar-refractivity contribution in [1.82, 2.24) is 10.2 Å². The molecule has 1 aromatic heterocycles. The Hall–Kier alpha value is -2.54. The van der Waals surface area contributed by atoms with E-state index in [9.17, 15) is 4.39 Å². The zero-order chi connectivity index (χ0) is 19.9. The molecule has 0 radical (unpaired) electrons. The van der Waals surface area contributed by atoms with Crippen molar-refractivity contribution in [1.29, 1.82) is 0 Å². The van der Waals surface area contributed by atoms with Crippen molar-refractivity contribution in [2.24, 2.45) is 10.9 Å². The number of rotatable bonds is 6. The van der Waals surface area contributed by atoms with Gasteiger partial charge in [0.2, 0.25) is 0 Å². The summed E-state index contributed by atoms with van der Waals surface area (Å²) in [5.41, 5.74) is 1.07. The monoisotopic (exact) mass is 400 g/mol. The van der Waals surface area contributed by atoms with E-state index >= 15 is 0 Å². The van der Waals surface area contributed by atoms with E-state index in [1.54, 1.807) is 6.26 Å². The molecule has 156 valence electrons. The quantitative estimate of drug-likeness (QED) is 0.597. The van der Waals surface area contributed by atoms with Gasteiger partial charge in [-0.2, -0.15) is 0 Å². The number of piperazine rings is 1. The largest absolute Gasteiger partial charge is 0.469 e. The molecule has 0 amide bonds. The van der Waals surface area contributed by atoms with Crippen LogP contribution >= 0.6 is 0 Å². The summed E-state index contributed by atoms with van der Waals surface area (Å²) in [4.78, 5) is 9.52. The summed E-state index contributed by atoms with van der Waals surface area (Å²) >= 11 is 0. The van der Waals surface area contributed by atoms with Crippen LogP contribution in [0.2, 0.25) is 0 Å². The summed E-state index contributed by atoms with van der Waals surface area (Å²) in [5.74, 6) is 2.25. The molecule has 0 spiro atoms. The average molecular weight is 400 g/mol. The zero-order valence-corrected chi connectivity index (χ0v) is 16.7. The third-order valence-corrected chi connectivity index (χ3v) is 5.53. The minimum atomic E-state index is -0.196. The van der Waals surface area contributed by atoms with Gasteiger partial charge < -0.3 is 24.3 Å². The second-order valence-electron chi connectivity index (χ2n) is 7.60. The van der Waals surface area contributed by atoms with Gasteiger partial charge in [0.05, 0.1) is 12.9 Å². The molecule has 2 fully saturated rings. The topological polar surface area (TPSA) is 53.2 Å². The highest BCUT2D eigenvalue weighted by Gasteiger charge is 2.21. The fraction of sp³-hybridized carbons (Fsp3) is 0.500. The molecule has 0 saturated carbocycles. The van der Waals surface area contributed by atoms with Crippen LogP contribution in [-0.4, -0.2) is 63.3 Å². The number of nitrogens with one attached hydrogen (secondary N) is 1. The van der Waals surface area contributed by atoms with Gasteiger partial charge in [0.25, 0.3) is 0 Å². The van der Waals surface area contributed by atoms with E-state index in [0.29, 0.717) is 5.92 Å². The molecule has 29 heavy (non-hydrogen) atoms. The molecule has 0 bridgehead atoms. The molecule has 2 aromatic rings. The molecule has 1 aromatic carbocycles. The van der Waals surface area contributed by atoms with E-state index in [0.717, 1.165) is 82.7 Å². The number of nitrogens with zero attached hydrogens (tertiary/aromatic N) is 3. The maximum absolute atomic E-state index is 13.2. The lowest BCUT2D eigenvalue weighted by Crippen LogP contribution is -2.53. The van der Waals surface area contributed by atoms with E-state index in [1.807, 2.05) is 24.3 Å². The van der Waals surface area contributed by atoms with Crippen molar-refractivity contribution < 1.29 is 13.5 Å². The highest BCUT2D eigenvalue weighted by atomic mass is 19.1. The maximum atomic E-state index is 13.2. The Morgan fingerprint density at radius 1 is 1.14 bits per heavy atom. The van der Waals surface area contributed by atoms with E-state index in [4.69, 9.17) is 14.1 Å². The number of guanidine groups is 1. The molecule has 3 heterocycles. The molecule has 1 atom stereocenters. The van der Waals surface area contributed by atoms with Crippen LogP contribution in [0.3, 0.4) is 0 Å².